The smallest absolute Gasteiger partial charge is 0.230 e. The Hall–Kier alpha value is -0.610. The van der Waals surface area contributed by atoms with Crippen molar-refractivity contribution in [3.05, 3.63) is 0 Å². The van der Waals surface area contributed by atoms with Crippen molar-refractivity contribution in [3.63, 3.8) is 0 Å². The van der Waals surface area contributed by atoms with Gasteiger partial charge in [-0.3, -0.25) is 4.79 Å². The van der Waals surface area contributed by atoms with Crippen molar-refractivity contribution in [2.75, 3.05) is 33.7 Å². The number of hydrogen-bond acceptors (Lipinski definition) is 3. The van der Waals surface area contributed by atoms with Gasteiger partial charge in [0.25, 0.3) is 0 Å². The van der Waals surface area contributed by atoms with Gasteiger partial charge in [0.1, 0.15) is 0 Å². The van der Waals surface area contributed by atoms with Gasteiger partial charge < -0.3 is 15.5 Å². The van der Waals surface area contributed by atoms with E-state index in [2.05, 4.69) is 19.0 Å². The van der Waals surface area contributed by atoms with Crippen molar-refractivity contribution in [3.8, 4) is 0 Å². The molecule has 1 saturated heterocycles. The molecule has 0 aromatic carbocycles. The van der Waals surface area contributed by atoms with Crippen LogP contribution in [0.5, 0.6) is 0 Å². The van der Waals surface area contributed by atoms with Crippen molar-refractivity contribution in [1.82, 2.24) is 9.80 Å². The van der Waals surface area contributed by atoms with Gasteiger partial charge >= 0.3 is 0 Å². The lowest BCUT2D eigenvalue weighted by Crippen LogP contribution is -2.48. The lowest BCUT2D eigenvalue weighted by Gasteiger charge is -2.36. The predicted molar refractivity (Wildman–Crippen MR) is 64.0 cm³/mol. The number of nitrogens with zero attached hydrogens (tertiary/aromatic N) is 2. The summed E-state index contributed by atoms with van der Waals surface area (Å²) in [5, 5.41) is 0. The summed E-state index contributed by atoms with van der Waals surface area (Å²) in [5.74, 6) is 0.312. The van der Waals surface area contributed by atoms with Crippen molar-refractivity contribution >= 4 is 5.91 Å². The highest BCUT2D eigenvalue weighted by atomic mass is 16.2. The van der Waals surface area contributed by atoms with E-state index in [4.69, 9.17) is 5.73 Å². The lowest BCUT2D eigenvalue weighted by atomic mass is 10.00. The molecule has 0 unspecified atom stereocenters. The normalized spacial score (nSPS) is 24.9. The van der Waals surface area contributed by atoms with Gasteiger partial charge in [0, 0.05) is 25.7 Å². The molecule has 2 rings (SSSR count). The van der Waals surface area contributed by atoms with Gasteiger partial charge in [-0.1, -0.05) is 0 Å². The maximum Gasteiger partial charge on any atom is 0.230 e. The third-order valence-corrected chi connectivity index (χ3v) is 4.18. The molecule has 2 fully saturated rings. The summed E-state index contributed by atoms with van der Waals surface area (Å²) in [6.45, 7) is 2.34. The molecule has 0 aromatic rings. The first kappa shape index (κ1) is 11.9. The molecule has 16 heavy (non-hydrogen) atoms. The third-order valence-electron chi connectivity index (χ3n) is 4.18. The summed E-state index contributed by atoms with van der Waals surface area (Å²) >= 11 is 0. The Bertz CT molecular complexity index is 265. The molecule has 1 saturated carbocycles. The molecule has 1 amide bonds. The Morgan fingerprint density at radius 3 is 2.31 bits per heavy atom. The summed E-state index contributed by atoms with van der Waals surface area (Å²) in [6.07, 6.45) is 4.19. The quantitative estimate of drug-likeness (QED) is 0.750. The molecule has 0 aromatic heterocycles. The number of amides is 1. The maximum absolute atomic E-state index is 12.2. The number of piperidine rings is 1. The second-order valence-electron chi connectivity index (χ2n) is 5.47. The fourth-order valence-corrected chi connectivity index (χ4v) is 2.58. The summed E-state index contributed by atoms with van der Waals surface area (Å²) < 4.78 is 0. The van der Waals surface area contributed by atoms with Crippen LogP contribution in [0.1, 0.15) is 25.7 Å². The van der Waals surface area contributed by atoms with Crippen molar-refractivity contribution in [1.29, 1.82) is 0 Å². The highest BCUT2D eigenvalue weighted by molar-refractivity contribution is 5.85. The van der Waals surface area contributed by atoms with Crippen LogP contribution in [0, 0.1) is 5.41 Å². The lowest BCUT2D eigenvalue weighted by molar-refractivity contribution is -0.138. The Morgan fingerprint density at radius 1 is 1.38 bits per heavy atom. The molecule has 92 valence electrons. The van der Waals surface area contributed by atoms with Crippen LogP contribution in [0.3, 0.4) is 0 Å². The van der Waals surface area contributed by atoms with Crippen LogP contribution in [0.15, 0.2) is 0 Å². The van der Waals surface area contributed by atoms with Crippen molar-refractivity contribution < 1.29 is 4.79 Å². The van der Waals surface area contributed by atoms with Gasteiger partial charge in [-0.25, -0.2) is 0 Å². The Kier molecular flexibility index (Phi) is 3.22. The first-order valence-electron chi connectivity index (χ1n) is 6.25. The number of carbonyl (C=O) groups excluding carboxylic acids is 1. The molecule has 1 heterocycles. The Morgan fingerprint density at radius 2 is 1.94 bits per heavy atom. The molecule has 1 aliphatic carbocycles. The third kappa shape index (κ3) is 2.09. The van der Waals surface area contributed by atoms with Crippen LogP contribution < -0.4 is 5.73 Å². The molecule has 4 nitrogen and oxygen atoms in total. The zero-order valence-corrected chi connectivity index (χ0v) is 10.4. The highest BCUT2D eigenvalue weighted by Crippen LogP contribution is 2.46. The molecule has 1 aliphatic heterocycles. The van der Waals surface area contributed by atoms with Gasteiger partial charge in [-0.15, -0.1) is 0 Å². The van der Waals surface area contributed by atoms with Crippen LogP contribution >= 0.6 is 0 Å². The topological polar surface area (TPSA) is 49.6 Å². The first-order chi connectivity index (χ1) is 7.59. The second kappa shape index (κ2) is 4.34. The van der Waals surface area contributed by atoms with Crippen LogP contribution in [0.2, 0.25) is 0 Å². The van der Waals surface area contributed by atoms with Crippen LogP contribution in [-0.4, -0.2) is 55.5 Å². The van der Waals surface area contributed by atoms with E-state index in [0.717, 1.165) is 38.8 Å². The van der Waals surface area contributed by atoms with E-state index in [1.165, 1.54) is 0 Å². The van der Waals surface area contributed by atoms with E-state index in [-0.39, 0.29) is 5.41 Å². The van der Waals surface area contributed by atoms with Gasteiger partial charge in [0.15, 0.2) is 0 Å². The zero-order valence-electron chi connectivity index (χ0n) is 10.4. The predicted octanol–water partition coefficient (Wildman–Crippen LogP) is 0.278. The number of likely N-dealkylation sites (tertiary alicyclic amines) is 1. The number of hydrogen-bond donors (Lipinski definition) is 1. The summed E-state index contributed by atoms with van der Waals surface area (Å²) in [5.41, 5.74) is 5.53. The molecule has 2 aliphatic rings. The van der Waals surface area contributed by atoms with E-state index >= 15 is 0 Å². The van der Waals surface area contributed by atoms with Crippen molar-refractivity contribution in [2.45, 2.75) is 31.7 Å². The molecule has 4 heteroatoms. The maximum atomic E-state index is 12.2. The van der Waals surface area contributed by atoms with E-state index < -0.39 is 0 Å². The average molecular weight is 225 g/mol. The van der Waals surface area contributed by atoms with Crippen LogP contribution in [0.4, 0.5) is 0 Å². The minimum atomic E-state index is -0.162. The fourth-order valence-electron chi connectivity index (χ4n) is 2.58. The van der Waals surface area contributed by atoms with Gasteiger partial charge in [-0.05, 0) is 39.8 Å². The van der Waals surface area contributed by atoms with Crippen molar-refractivity contribution in [2.24, 2.45) is 11.1 Å². The molecule has 0 bridgehead atoms. The summed E-state index contributed by atoms with van der Waals surface area (Å²) in [7, 11) is 4.23. The van der Waals surface area contributed by atoms with Gasteiger partial charge in [-0.2, -0.15) is 0 Å². The van der Waals surface area contributed by atoms with E-state index in [9.17, 15) is 4.79 Å². The second-order valence-corrected chi connectivity index (χ2v) is 5.47. The molecular weight excluding hydrogens is 202 g/mol. The molecule has 0 atom stereocenters. The molecule has 0 radical (unpaired) electrons. The van der Waals surface area contributed by atoms with E-state index in [1.807, 2.05) is 4.90 Å². The molecular formula is C12H23N3O. The number of carbonyl (C=O) groups is 1. The fraction of sp³-hybridized carbons (Fsp3) is 0.917. The SMILES string of the molecule is CN(C)C1CCN(C(=O)C2(CN)CC2)CC1. The largest absolute Gasteiger partial charge is 0.342 e. The van der Waals surface area contributed by atoms with E-state index in [0.29, 0.717) is 18.5 Å². The number of nitrogens with two attached hydrogens (primary N) is 1. The first-order valence-corrected chi connectivity index (χ1v) is 6.25. The van der Waals surface area contributed by atoms with Gasteiger partial charge in [0.05, 0.1) is 5.41 Å². The van der Waals surface area contributed by atoms with Crippen LogP contribution in [-0.2, 0) is 4.79 Å². The minimum absolute atomic E-state index is 0.162. The Labute approximate surface area is 97.8 Å². The molecule has 0 spiro atoms. The van der Waals surface area contributed by atoms with Crippen LogP contribution in [0.25, 0.3) is 0 Å². The Balaban J connectivity index is 1.87. The monoisotopic (exact) mass is 225 g/mol. The summed E-state index contributed by atoms with van der Waals surface area (Å²) in [6, 6.07) is 0.636. The molecule has 2 N–H and O–H groups in total. The summed E-state index contributed by atoms with van der Waals surface area (Å²) in [4.78, 5) is 16.5. The van der Waals surface area contributed by atoms with Gasteiger partial charge in [0.2, 0.25) is 5.91 Å². The standard InChI is InChI=1S/C12H23N3O/c1-14(2)10-3-7-15(8-4-10)11(16)12(9-13)5-6-12/h10H,3-9,13H2,1-2H3. The van der Waals surface area contributed by atoms with E-state index in [1.54, 1.807) is 0 Å². The zero-order chi connectivity index (χ0) is 11.8. The number of rotatable bonds is 3. The average Bonchev–Trinajstić information content (AvgIpc) is 3.09. The minimum Gasteiger partial charge on any atom is -0.342 e. The highest BCUT2D eigenvalue weighted by Gasteiger charge is 2.50.